The standard InChI is InChI=1S/C19H21N3O4/c1-11-15(12(2)26-21-11)10-22-17(23)19(20-18(22)24)8-4-5-13-9-14(25-3)6-7-16(13)19/h6-7,9H,4-5,8,10H2,1-3H3,(H,20,24)/t19-/m0/s1. The number of nitrogens with zero attached hydrogens (tertiary/aromatic N) is 2. The van der Waals surface area contributed by atoms with Crippen molar-refractivity contribution in [2.45, 2.75) is 45.2 Å². The maximum atomic E-state index is 13.3. The van der Waals surface area contributed by atoms with Gasteiger partial charge < -0.3 is 14.6 Å². The summed E-state index contributed by atoms with van der Waals surface area (Å²) in [5.41, 5.74) is 2.39. The molecule has 0 radical (unpaired) electrons. The third kappa shape index (κ3) is 2.30. The number of nitrogens with one attached hydrogen (secondary N) is 1. The zero-order chi connectivity index (χ0) is 18.5. The topological polar surface area (TPSA) is 84.7 Å². The number of aromatic nitrogens is 1. The van der Waals surface area contributed by atoms with Crippen LogP contribution in [0, 0.1) is 13.8 Å². The second kappa shape index (κ2) is 5.86. The van der Waals surface area contributed by atoms with Crippen molar-refractivity contribution in [2.75, 3.05) is 7.11 Å². The van der Waals surface area contributed by atoms with Crippen molar-refractivity contribution in [1.29, 1.82) is 0 Å². The van der Waals surface area contributed by atoms with Gasteiger partial charge in [-0.2, -0.15) is 0 Å². The number of imide groups is 1. The number of aryl methyl sites for hydroxylation is 3. The number of methoxy groups -OCH3 is 1. The lowest BCUT2D eigenvalue weighted by Gasteiger charge is -2.33. The molecule has 1 saturated heterocycles. The number of carbonyl (C=O) groups excluding carboxylic acids is 2. The van der Waals surface area contributed by atoms with Crippen LogP contribution in [0.3, 0.4) is 0 Å². The highest BCUT2D eigenvalue weighted by Crippen LogP contribution is 2.41. The minimum Gasteiger partial charge on any atom is -0.497 e. The first-order valence-corrected chi connectivity index (χ1v) is 8.69. The monoisotopic (exact) mass is 355 g/mol. The largest absolute Gasteiger partial charge is 0.497 e. The fourth-order valence-electron chi connectivity index (χ4n) is 4.01. The average molecular weight is 355 g/mol. The molecule has 2 aromatic rings. The summed E-state index contributed by atoms with van der Waals surface area (Å²) in [5.74, 6) is 1.16. The smallest absolute Gasteiger partial charge is 0.325 e. The van der Waals surface area contributed by atoms with Crippen LogP contribution < -0.4 is 10.1 Å². The van der Waals surface area contributed by atoms with Gasteiger partial charge in [0.2, 0.25) is 0 Å². The van der Waals surface area contributed by atoms with E-state index in [2.05, 4.69) is 10.5 Å². The molecule has 2 heterocycles. The molecule has 0 unspecified atom stereocenters. The van der Waals surface area contributed by atoms with Crippen LogP contribution in [0.15, 0.2) is 22.7 Å². The quantitative estimate of drug-likeness (QED) is 0.856. The summed E-state index contributed by atoms with van der Waals surface area (Å²) < 4.78 is 10.5. The number of urea groups is 1. The molecule has 1 spiro atoms. The maximum absolute atomic E-state index is 13.3. The second-order valence-electron chi connectivity index (χ2n) is 6.91. The number of fused-ring (bicyclic) bond motifs is 2. The van der Waals surface area contributed by atoms with Crippen molar-refractivity contribution in [1.82, 2.24) is 15.4 Å². The maximum Gasteiger partial charge on any atom is 0.325 e. The van der Waals surface area contributed by atoms with Gasteiger partial charge in [0.1, 0.15) is 17.0 Å². The van der Waals surface area contributed by atoms with E-state index in [0.29, 0.717) is 17.9 Å². The van der Waals surface area contributed by atoms with Crippen molar-refractivity contribution in [3.05, 3.63) is 46.3 Å². The predicted molar refractivity (Wildman–Crippen MR) is 92.7 cm³/mol. The Morgan fingerprint density at radius 1 is 1.35 bits per heavy atom. The average Bonchev–Trinajstić information content (AvgIpc) is 3.07. The van der Waals surface area contributed by atoms with Crippen molar-refractivity contribution in [3.8, 4) is 5.75 Å². The van der Waals surface area contributed by atoms with Gasteiger partial charge >= 0.3 is 6.03 Å². The minimum absolute atomic E-state index is 0.166. The molecule has 0 saturated carbocycles. The minimum atomic E-state index is -0.990. The molecular weight excluding hydrogens is 334 g/mol. The molecule has 1 aliphatic carbocycles. The van der Waals surface area contributed by atoms with Crippen LogP contribution in [0.2, 0.25) is 0 Å². The van der Waals surface area contributed by atoms with Gasteiger partial charge in [-0.1, -0.05) is 11.2 Å². The highest BCUT2D eigenvalue weighted by Gasteiger charge is 2.54. The van der Waals surface area contributed by atoms with Gasteiger partial charge in [-0.15, -0.1) is 0 Å². The summed E-state index contributed by atoms with van der Waals surface area (Å²) in [4.78, 5) is 27.2. The van der Waals surface area contributed by atoms with Gasteiger partial charge in [-0.05, 0) is 56.4 Å². The number of ether oxygens (including phenoxy) is 1. The summed E-state index contributed by atoms with van der Waals surface area (Å²) in [5, 5.41) is 6.87. The van der Waals surface area contributed by atoms with E-state index in [1.54, 1.807) is 14.0 Å². The van der Waals surface area contributed by atoms with Gasteiger partial charge in [0, 0.05) is 5.56 Å². The van der Waals surface area contributed by atoms with E-state index >= 15 is 0 Å². The molecule has 7 heteroatoms. The van der Waals surface area contributed by atoms with Crippen LogP contribution >= 0.6 is 0 Å². The van der Waals surface area contributed by atoms with Gasteiger partial charge in [-0.25, -0.2) is 4.79 Å². The van der Waals surface area contributed by atoms with Crippen molar-refractivity contribution in [2.24, 2.45) is 0 Å². The first-order chi connectivity index (χ1) is 12.5. The molecule has 1 aliphatic heterocycles. The van der Waals surface area contributed by atoms with E-state index in [1.807, 2.05) is 25.1 Å². The highest BCUT2D eigenvalue weighted by molar-refractivity contribution is 6.07. The molecule has 1 atom stereocenters. The summed E-state index contributed by atoms with van der Waals surface area (Å²) in [7, 11) is 1.62. The normalized spacial score (nSPS) is 21.9. The molecule has 26 heavy (non-hydrogen) atoms. The molecule has 1 N–H and O–H groups in total. The number of benzene rings is 1. The predicted octanol–water partition coefficient (Wildman–Crippen LogP) is 2.58. The fourth-order valence-corrected chi connectivity index (χ4v) is 4.01. The lowest BCUT2D eigenvalue weighted by molar-refractivity contribution is -0.132. The first-order valence-electron chi connectivity index (χ1n) is 8.69. The number of carbonyl (C=O) groups is 2. The zero-order valence-corrected chi connectivity index (χ0v) is 15.1. The Bertz CT molecular complexity index is 885. The molecule has 1 aromatic carbocycles. The zero-order valence-electron chi connectivity index (χ0n) is 15.1. The Morgan fingerprint density at radius 3 is 2.85 bits per heavy atom. The Kier molecular flexibility index (Phi) is 3.75. The van der Waals surface area contributed by atoms with Gasteiger partial charge in [-0.3, -0.25) is 9.69 Å². The highest BCUT2D eigenvalue weighted by atomic mass is 16.5. The number of amides is 3. The SMILES string of the molecule is COc1ccc2c(c1)CCC[C@]21NC(=O)N(Cc2c(C)noc2C)C1=O. The number of hydrogen-bond donors (Lipinski definition) is 1. The Labute approximate surface area is 151 Å². The summed E-state index contributed by atoms with van der Waals surface area (Å²) in [6, 6.07) is 5.30. The Hall–Kier alpha value is -2.83. The van der Waals surface area contributed by atoms with E-state index < -0.39 is 5.54 Å². The van der Waals surface area contributed by atoms with Gasteiger partial charge in [0.25, 0.3) is 5.91 Å². The van der Waals surface area contributed by atoms with Gasteiger partial charge in [0.05, 0.1) is 19.3 Å². The fraction of sp³-hybridized carbons (Fsp3) is 0.421. The number of rotatable bonds is 3. The van der Waals surface area contributed by atoms with E-state index in [9.17, 15) is 9.59 Å². The van der Waals surface area contributed by atoms with E-state index in [0.717, 1.165) is 35.3 Å². The molecule has 3 amide bonds. The van der Waals surface area contributed by atoms with Gasteiger partial charge in [0.15, 0.2) is 0 Å². The lowest BCUT2D eigenvalue weighted by Crippen LogP contribution is -2.46. The van der Waals surface area contributed by atoms with Crippen molar-refractivity contribution in [3.63, 3.8) is 0 Å². The lowest BCUT2D eigenvalue weighted by atomic mass is 9.76. The van der Waals surface area contributed by atoms with Crippen LogP contribution in [0.25, 0.3) is 0 Å². The third-order valence-electron chi connectivity index (χ3n) is 5.44. The molecule has 136 valence electrons. The number of hydrogen-bond acceptors (Lipinski definition) is 5. The first kappa shape index (κ1) is 16.6. The molecule has 0 bridgehead atoms. The summed E-state index contributed by atoms with van der Waals surface area (Å²) >= 11 is 0. The second-order valence-corrected chi connectivity index (χ2v) is 6.91. The van der Waals surface area contributed by atoms with Crippen molar-refractivity contribution < 1.29 is 18.8 Å². The summed E-state index contributed by atoms with van der Waals surface area (Å²) in [6.45, 7) is 3.76. The van der Waals surface area contributed by atoms with E-state index in [1.165, 1.54) is 4.90 Å². The van der Waals surface area contributed by atoms with Crippen LogP contribution in [-0.2, 0) is 23.3 Å². The molecule has 4 rings (SSSR count). The Balaban J connectivity index is 1.72. The third-order valence-corrected chi connectivity index (χ3v) is 5.44. The molecular formula is C19H21N3O4. The molecule has 7 nitrogen and oxygen atoms in total. The van der Waals surface area contributed by atoms with E-state index in [4.69, 9.17) is 9.26 Å². The van der Waals surface area contributed by atoms with Crippen LogP contribution in [0.5, 0.6) is 5.75 Å². The van der Waals surface area contributed by atoms with Crippen molar-refractivity contribution >= 4 is 11.9 Å². The molecule has 2 aliphatic rings. The summed E-state index contributed by atoms with van der Waals surface area (Å²) in [6.07, 6.45) is 2.28. The Morgan fingerprint density at radius 2 is 2.15 bits per heavy atom. The van der Waals surface area contributed by atoms with Crippen LogP contribution in [0.4, 0.5) is 4.79 Å². The van der Waals surface area contributed by atoms with Crippen LogP contribution in [0.1, 0.15) is 41.0 Å². The van der Waals surface area contributed by atoms with E-state index in [-0.39, 0.29) is 18.5 Å². The molecule has 1 fully saturated rings. The van der Waals surface area contributed by atoms with Crippen LogP contribution in [-0.4, -0.2) is 29.1 Å². The molecule has 1 aromatic heterocycles.